The molecule has 0 saturated heterocycles. The predicted molar refractivity (Wildman–Crippen MR) is 124 cm³/mol. The Kier molecular flexibility index (Phi) is 9.27. The third-order valence-electron chi connectivity index (χ3n) is 4.69. The number of carbonyl (C=O) groups excluding carboxylic acids is 3. The lowest BCUT2D eigenvalue weighted by atomic mass is 10.0. The summed E-state index contributed by atoms with van der Waals surface area (Å²) < 4.78 is 15.4. The van der Waals surface area contributed by atoms with Crippen molar-refractivity contribution in [1.82, 2.24) is 10.6 Å². The SMILES string of the molecule is COC(=O)[C@H](Cc1ccccc1)NC(=O)[C@H](Cc1ccc(OC)cc1)NC(=O)OC(C)(C)C. The Labute approximate surface area is 194 Å². The summed E-state index contributed by atoms with van der Waals surface area (Å²) in [7, 11) is 2.83. The van der Waals surface area contributed by atoms with E-state index >= 15 is 0 Å². The molecule has 2 amide bonds. The van der Waals surface area contributed by atoms with Crippen LogP contribution in [0.1, 0.15) is 31.9 Å². The zero-order valence-electron chi connectivity index (χ0n) is 19.7. The molecule has 2 atom stereocenters. The first-order valence-electron chi connectivity index (χ1n) is 10.7. The maximum atomic E-state index is 13.2. The number of esters is 1. The Morgan fingerprint density at radius 1 is 0.818 bits per heavy atom. The molecule has 0 spiro atoms. The Morgan fingerprint density at radius 3 is 1.94 bits per heavy atom. The van der Waals surface area contributed by atoms with E-state index in [4.69, 9.17) is 14.2 Å². The molecule has 2 aromatic rings. The maximum absolute atomic E-state index is 13.2. The Morgan fingerprint density at radius 2 is 1.39 bits per heavy atom. The zero-order chi connectivity index (χ0) is 24.4. The molecule has 2 rings (SSSR count). The van der Waals surface area contributed by atoms with Crippen LogP contribution in [-0.4, -0.2) is 49.9 Å². The van der Waals surface area contributed by atoms with Gasteiger partial charge in [-0.1, -0.05) is 42.5 Å². The van der Waals surface area contributed by atoms with Crippen molar-refractivity contribution in [2.45, 2.75) is 51.3 Å². The molecule has 0 aromatic heterocycles. The van der Waals surface area contributed by atoms with Crippen molar-refractivity contribution in [3.05, 3.63) is 65.7 Å². The summed E-state index contributed by atoms with van der Waals surface area (Å²) in [6, 6.07) is 14.5. The van der Waals surface area contributed by atoms with Crippen molar-refractivity contribution in [3.63, 3.8) is 0 Å². The Bertz CT molecular complexity index is 922. The largest absolute Gasteiger partial charge is 0.497 e. The number of benzene rings is 2. The van der Waals surface area contributed by atoms with E-state index in [-0.39, 0.29) is 12.8 Å². The second kappa shape index (κ2) is 11.9. The fourth-order valence-corrected chi connectivity index (χ4v) is 3.11. The second-order valence-corrected chi connectivity index (χ2v) is 8.53. The zero-order valence-corrected chi connectivity index (χ0v) is 19.7. The number of carbonyl (C=O) groups is 3. The van der Waals surface area contributed by atoms with Gasteiger partial charge in [-0.25, -0.2) is 9.59 Å². The van der Waals surface area contributed by atoms with Gasteiger partial charge >= 0.3 is 12.1 Å². The summed E-state index contributed by atoms with van der Waals surface area (Å²) in [5.41, 5.74) is 0.928. The summed E-state index contributed by atoms with van der Waals surface area (Å²) in [5.74, 6) is -0.427. The standard InChI is InChI=1S/C25H32N2O6/c1-25(2,3)33-24(30)27-20(15-18-11-13-19(31-4)14-12-18)22(28)26-21(23(29)32-5)16-17-9-7-6-8-10-17/h6-14,20-21H,15-16H2,1-5H3,(H,26,28)(H,27,30)/t20-,21-/m0/s1. The van der Waals surface area contributed by atoms with Crippen LogP contribution in [-0.2, 0) is 31.9 Å². The predicted octanol–water partition coefficient (Wildman–Crippen LogP) is 3.03. The van der Waals surface area contributed by atoms with Gasteiger partial charge in [0.15, 0.2) is 0 Å². The molecule has 0 fully saturated rings. The molecule has 178 valence electrons. The highest BCUT2D eigenvalue weighted by atomic mass is 16.6. The number of amides is 2. The van der Waals surface area contributed by atoms with Gasteiger partial charge in [-0.2, -0.15) is 0 Å². The van der Waals surface area contributed by atoms with Crippen molar-refractivity contribution < 1.29 is 28.6 Å². The number of alkyl carbamates (subject to hydrolysis) is 1. The Balaban J connectivity index is 2.21. The minimum atomic E-state index is -0.976. The molecule has 0 radical (unpaired) electrons. The van der Waals surface area contributed by atoms with Gasteiger partial charge < -0.3 is 24.8 Å². The average Bonchev–Trinajstić information content (AvgIpc) is 2.77. The van der Waals surface area contributed by atoms with E-state index in [1.807, 2.05) is 30.3 Å². The van der Waals surface area contributed by atoms with E-state index in [1.54, 1.807) is 52.1 Å². The maximum Gasteiger partial charge on any atom is 0.408 e. The van der Waals surface area contributed by atoms with Gasteiger partial charge in [-0.15, -0.1) is 0 Å². The van der Waals surface area contributed by atoms with Gasteiger partial charge in [0.05, 0.1) is 14.2 Å². The summed E-state index contributed by atoms with van der Waals surface area (Å²) in [6.07, 6.45) is -0.288. The van der Waals surface area contributed by atoms with Crippen molar-refractivity contribution in [1.29, 1.82) is 0 Å². The fourth-order valence-electron chi connectivity index (χ4n) is 3.11. The molecule has 0 aliphatic carbocycles. The summed E-state index contributed by atoms with van der Waals surface area (Å²) in [4.78, 5) is 37.9. The van der Waals surface area contributed by atoms with Crippen molar-refractivity contribution in [2.75, 3.05) is 14.2 Å². The highest BCUT2D eigenvalue weighted by Gasteiger charge is 2.29. The lowest BCUT2D eigenvalue weighted by Crippen LogP contribution is -2.53. The first-order chi connectivity index (χ1) is 15.6. The minimum absolute atomic E-state index is 0.189. The lowest BCUT2D eigenvalue weighted by molar-refractivity contribution is -0.145. The molecule has 8 heteroatoms. The quantitative estimate of drug-likeness (QED) is 0.563. The van der Waals surface area contributed by atoms with Gasteiger partial charge in [0.25, 0.3) is 0 Å². The van der Waals surface area contributed by atoms with E-state index in [9.17, 15) is 14.4 Å². The monoisotopic (exact) mass is 456 g/mol. The van der Waals surface area contributed by atoms with Crippen molar-refractivity contribution >= 4 is 18.0 Å². The molecule has 0 aliphatic rings. The van der Waals surface area contributed by atoms with Crippen molar-refractivity contribution in [3.8, 4) is 5.75 Å². The Hall–Kier alpha value is -3.55. The van der Waals surface area contributed by atoms with Gasteiger partial charge in [0, 0.05) is 12.8 Å². The van der Waals surface area contributed by atoms with Crippen LogP contribution in [0.2, 0.25) is 0 Å². The van der Waals surface area contributed by atoms with Crippen LogP contribution in [0.25, 0.3) is 0 Å². The summed E-state index contributed by atoms with van der Waals surface area (Å²) >= 11 is 0. The molecular weight excluding hydrogens is 424 g/mol. The smallest absolute Gasteiger partial charge is 0.408 e. The molecule has 0 heterocycles. The van der Waals surface area contributed by atoms with E-state index in [2.05, 4.69) is 10.6 Å². The van der Waals surface area contributed by atoms with Crippen LogP contribution in [0.4, 0.5) is 4.79 Å². The number of ether oxygens (including phenoxy) is 3. The number of nitrogens with one attached hydrogen (secondary N) is 2. The third kappa shape index (κ3) is 8.84. The fraction of sp³-hybridized carbons (Fsp3) is 0.400. The molecule has 0 aliphatic heterocycles. The highest BCUT2D eigenvalue weighted by molar-refractivity contribution is 5.90. The van der Waals surface area contributed by atoms with E-state index in [0.29, 0.717) is 5.75 Å². The molecule has 8 nitrogen and oxygen atoms in total. The van der Waals surface area contributed by atoms with Crippen LogP contribution >= 0.6 is 0 Å². The average molecular weight is 457 g/mol. The molecule has 33 heavy (non-hydrogen) atoms. The number of rotatable bonds is 9. The lowest BCUT2D eigenvalue weighted by Gasteiger charge is -2.25. The molecular formula is C25H32N2O6. The third-order valence-corrected chi connectivity index (χ3v) is 4.69. The molecule has 2 N–H and O–H groups in total. The second-order valence-electron chi connectivity index (χ2n) is 8.53. The van der Waals surface area contributed by atoms with Crippen LogP contribution in [0.5, 0.6) is 5.75 Å². The van der Waals surface area contributed by atoms with Gasteiger partial charge in [0.1, 0.15) is 23.4 Å². The molecule has 0 saturated carbocycles. The number of hydrogen-bond donors (Lipinski definition) is 2. The van der Waals surface area contributed by atoms with Gasteiger partial charge in [-0.3, -0.25) is 4.79 Å². The van der Waals surface area contributed by atoms with E-state index < -0.39 is 35.7 Å². The number of methoxy groups -OCH3 is 2. The number of hydrogen-bond acceptors (Lipinski definition) is 6. The summed E-state index contributed by atoms with van der Waals surface area (Å²) in [6.45, 7) is 5.20. The van der Waals surface area contributed by atoms with Crippen LogP contribution < -0.4 is 15.4 Å². The van der Waals surface area contributed by atoms with Crippen LogP contribution in [0, 0.1) is 0 Å². The summed E-state index contributed by atoms with van der Waals surface area (Å²) in [5, 5.41) is 5.34. The van der Waals surface area contributed by atoms with E-state index in [0.717, 1.165) is 11.1 Å². The highest BCUT2D eigenvalue weighted by Crippen LogP contribution is 2.14. The topological polar surface area (TPSA) is 103 Å². The first kappa shape index (κ1) is 25.7. The van der Waals surface area contributed by atoms with Crippen LogP contribution in [0.3, 0.4) is 0 Å². The molecule has 0 unspecified atom stereocenters. The minimum Gasteiger partial charge on any atom is -0.497 e. The molecule has 0 bridgehead atoms. The molecule has 2 aromatic carbocycles. The first-order valence-corrected chi connectivity index (χ1v) is 10.7. The normalized spacial score (nSPS) is 12.8. The van der Waals surface area contributed by atoms with Crippen LogP contribution in [0.15, 0.2) is 54.6 Å². The van der Waals surface area contributed by atoms with Gasteiger partial charge in [0.2, 0.25) is 5.91 Å². The van der Waals surface area contributed by atoms with Crippen molar-refractivity contribution in [2.24, 2.45) is 0 Å². The van der Waals surface area contributed by atoms with Gasteiger partial charge in [-0.05, 0) is 44.0 Å². The van der Waals surface area contributed by atoms with E-state index in [1.165, 1.54) is 7.11 Å².